The van der Waals surface area contributed by atoms with Crippen molar-refractivity contribution >= 4 is 23.4 Å². The highest BCUT2D eigenvalue weighted by Crippen LogP contribution is 2.32. The predicted molar refractivity (Wildman–Crippen MR) is 102 cm³/mol. The molecule has 0 unspecified atom stereocenters. The van der Waals surface area contributed by atoms with E-state index < -0.39 is 0 Å². The Hall–Kier alpha value is -3.19. The van der Waals surface area contributed by atoms with Crippen molar-refractivity contribution in [3.63, 3.8) is 0 Å². The van der Waals surface area contributed by atoms with Crippen molar-refractivity contribution in [3.8, 4) is 5.75 Å². The Bertz CT molecular complexity index is 915. The third kappa shape index (κ3) is 3.25. The monoisotopic (exact) mass is 380 g/mol. The molecule has 7 nitrogen and oxygen atoms in total. The maximum Gasteiger partial charge on any atom is 0.266 e. The number of amides is 3. The van der Waals surface area contributed by atoms with Crippen LogP contribution in [0.15, 0.2) is 42.5 Å². The normalized spacial score (nSPS) is 16.3. The van der Waals surface area contributed by atoms with Crippen LogP contribution in [-0.2, 0) is 9.53 Å². The van der Waals surface area contributed by atoms with Crippen LogP contribution in [-0.4, -0.2) is 55.5 Å². The maximum atomic E-state index is 12.6. The highest BCUT2D eigenvalue weighted by molar-refractivity contribution is 6.34. The number of anilines is 1. The quantitative estimate of drug-likeness (QED) is 0.759. The predicted octanol–water partition coefficient (Wildman–Crippen LogP) is 2.03. The average molecular weight is 380 g/mol. The molecule has 3 amide bonds. The van der Waals surface area contributed by atoms with Gasteiger partial charge in [-0.1, -0.05) is 12.1 Å². The molecule has 0 N–H and O–H groups in total. The van der Waals surface area contributed by atoms with Gasteiger partial charge in [0.1, 0.15) is 5.75 Å². The van der Waals surface area contributed by atoms with Crippen LogP contribution in [0.2, 0.25) is 0 Å². The van der Waals surface area contributed by atoms with E-state index in [9.17, 15) is 14.4 Å². The lowest BCUT2D eigenvalue weighted by Crippen LogP contribution is -2.42. The number of hydrogen-bond acceptors (Lipinski definition) is 5. The SMILES string of the molecule is Cc1cc(OCC(=O)N2CCOCC2)ccc1N1C(=O)c2ccccc2C1=O. The van der Waals surface area contributed by atoms with Crippen LogP contribution in [0.5, 0.6) is 5.75 Å². The van der Waals surface area contributed by atoms with Gasteiger partial charge in [-0.25, -0.2) is 4.90 Å². The van der Waals surface area contributed by atoms with Gasteiger partial charge in [0, 0.05) is 13.1 Å². The van der Waals surface area contributed by atoms with E-state index in [0.717, 1.165) is 0 Å². The van der Waals surface area contributed by atoms with Gasteiger partial charge in [-0.2, -0.15) is 0 Å². The molecule has 2 aromatic carbocycles. The summed E-state index contributed by atoms with van der Waals surface area (Å²) in [5, 5.41) is 0. The third-order valence-electron chi connectivity index (χ3n) is 4.93. The van der Waals surface area contributed by atoms with Crippen LogP contribution in [0.4, 0.5) is 5.69 Å². The van der Waals surface area contributed by atoms with Crippen LogP contribution >= 0.6 is 0 Å². The summed E-state index contributed by atoms with van der Waals surface area (Å²) in [4.78, 5) is 40.4. The van der Waals surface area contributed by atoms with Crippen LogP contribution in [0.3, 0.4) is 0 Å². The zero-order chi connectivity index (χ0) is 19.7. The Morgan fingerprint density at radius 1 is 1.04 bits per heavy atom. The van der Waals surface area contributed by atoms with E-state index in [2.05, 4.69) is 0 Å². The molecule has 0 saturated carbocycles. The molecule has 2 aromatic rings. The Kier molecular flexibility index (Phi) is 4.83. The van der Waals surface area contributed by atoms with Gasteiger partial charge in [0.2, 0.25) is 0 Å². The number of carbonyl (C=O) groups excluding carboxylic acids is 3. The molecule has 1 saturated heterocycles. The lowest BCUT2D eigenvalue weighted by Gasteiger charge is -2.26. The summed E-state index contributed by atoms with van der Waals surface area (Å²) in [5.41, 5.74) is 2.04. The number of carbonyl (C=O) groups is 3. The summed E-state index contributed by atoms with van der Waals surface area (Å²) in [7, 11) is 0. The summed E-state index contributed by atoms with van der Waals surface area (Å²) in [6.45, 7) is 3.96. The zero-order valence-corrected chi connectivity index (χ0v) is 15.5. The second-order valence-electron chi connectivity index (χ2n) is 6.72. The van der Waals surface area contributed by atoms with Crippen molar-refractivity contribution in [3.05, 3.63) is 59.2 Å². The van der Waals surface area contributed by atoms with Crippen molar-refractivity contribution in [2.75, 3.05) is 37.8 Å². The fourth-order valence-corrected chi connectivity index (χ4v) is 3.43. The number of rotatable bonds is 4. The van der Waals surface area contributed by atoms with Gasteiger partial charge in [-0.15, -0.1) is 0 Å². The standard InChI is InChI=1S/C21H20N2O5/c1-14-12-15(28-13-19(24)22-8-10-27-11-9-22)6-7-18(14)23-20(25)16-4-2-3-5-17(16)21(23)26/h2-7,12H,8-11,13H2,1H3. The molecule has 144 valence electrons. The lowest BCUT2D eigenvalue weighted by atomic mass is 10.1. The highest BCUT2D eigenvalue weighted by atomic mass is 16.5. The minimum Gasteiger partial charge on any atom is -0.484 e. The zero-order valence-electron chi connectivity index (χ0n) is 15.5. The number of ether oxygens (including phenoxy) is 2. The maximum absolute atomic E-state index is 12.6. The van der Waals surface area contributed by atoms with Crippen LogP contribution in [0.1, 0.15) is 26.3 Å². The van der Waals surface area contributed by atoms with Crippen molar-refractivity contribution in [2.45, 2.75) is 6.92 Å². The van der Waals surface area contributed by atoms with E-state index in [-0.39, 0.29) is 24.3 Å². The summed E-state index contributed by atoms with van der Waals surface area (Å²) < 4.78 is 10.9. The highest BCUT2D eigenvalue weighted by Gasteiger charge is 2.36. The van der Waals surface area contributed by atoms with Crippen molar-refractivity contribution in [2.24, 2.45) is 0 Å². The minimum absolute atomic E-state index is 0.0637. The van der Waals surface area contributed by atoms with E-state index in [4.69, 9.17) is 9.47 Å². The van der Waals surface area contributed by atoms with Gasteiger partial charge in [0.15, 0.2) is 6.61 Å². The minimum atomic E-state index is -0.333. The van der Waals surface area contributed by atoms with Gasteiger partial charge < -0.3 is 14.4 Å². The molecule has 0 spiro atoms. The Labute approximate surface area is 162 Å². The van der Waals surface area contributed by atoms with Gasteiger partial charge in [0.25, 0.3) is 17.7 Å². The average Bonchev–Trinajstić information content (AvgIpc) is 2.98. The second kappa shape index (κ2) is 7.44. The molecule has 0 aromatic heterocycles. The molecule has 0 bridgehead atoms. The first-order valence-corrected chi connectivity index (χ1v) is 9.13. The number of imide groups is 1. The third-order valence-corrected chi connectivity index (χ3v) is 4.93. The van der Waals surface area contributed by atoms with E-state index in [1.165, 1.54) is 4.90 Å². The molecule has 0 radical (unpaired) electrons. The summed E-state index contributed by atoms with van der Waals surface area (Å²) >= 11 is 0. The first kappa shape index (κ1) is 18.2. The molecule has 2 aliphatic heterocycles. The van der Waals surface area contributed by atoms with E-state index in [1.807, 2.05) is 0 Å². The first-order valence-electron chi connectivity index (χ1n) is 9.13. The topological polar surface area (TPSA) is 76.2 Å². The molecule has 0 aliphatic carbocycles. The van der Waals surface area contributed by atoms with Gasteiger partial charge in [0.05, 0.1) is 30.0 Å². The fraction of sp³-hybridized carbons (Fsp3) is 0.286. The Morgan fingerprint density at radius 2 is 1.68 bits per heavy atom. The lowest BCUT2D eigenvalue weighted by molar-refractivity contribution is -0.137. The van der Waals surface area contributed by atoms with Crippen LogP contribution in [0.25, 0.3) is 0 Å². The van der Waals surface area contributed by atoms with Crippen molar-refractivity contribution < 1.29 is 23.9 Å². The number of nitrogens with zero attached hydrogens (tertiary/aromatic N) is 2. The molecular weight excluding hydrogens is 360 g/mol. The summed E-state index contributed by atoms with van der Waals surface area (Å²) in [6.07, 6.45) is 0. The molecule has 7 heteroatoms. The number of aryl methyl sites for hydroxylation is 1. The summed E-state index contributed by atoms with van der Waals surface area (Å²) in [6, 6.07) is 11.8. The van der Waals surface area contributed by atoms with E-state index >= 15 is 0 Å². The van der Waals surface area contributed by atoms with Gasteiger partial charge in [-0.05, 0) is 42.8 Å². The van der Waals surface area contributed by atoms with Crippen LogP contribution < -0.4 is 9.64 Å². The molecule has 2 heterocycles. The largest absolute Gasteiger partial charge is 0.484 e. The molecule has 28 heavy (non-hydrogen) atoms. The van der Waals surface area contributed by atoms with E-state index in [0.29, 0.717) is 54.4 Å². The van der Waals surface area contributed by atoms with Crippen molar-refractivity contribution in [1.82, 2.24) is 4.90 Å². The second-order valence-corrected chi connectivity index (χ2v) is 6.72. The molecule has 2 aliphatic rings. The number of hydrogen-bond donors (Lipinski definition) is 0. The molecule has 0 atom stereocenters. The Balaban J connectivity index is 1.47. The smallest absolute Gasteiger partial charge is 0.266 e. The van der Waals surface area contributed by atoms with Gasteiger partial charge in [-0.3, -0.25) is 14.4 Å². The fourth-order valence-electron chi connectivity index (χ4n) is 3.43. The van der Waals surface area contributed by atoms with Gasteiger partial charge >= 0.3 is 0 Å². The number of fused-ring (bicyclic) bond motifs is 1. The molecule has 4 rings (SSSR count). The van der Waals surface area contributed by atoms with Crippen molar-refractivity contribution in [1.29, 1.82) is 0 Å². The Morgan fingerprint density at radius 3 is 2.29 bits per heavy atom. The summed E-state index contributed by atoms with van der Waals surface area (Å²) in [5.74, 6) is -0.246. The molecule has 1 fully saturated rings. The number of morpholine rings is 1. The first-order chi connectivity index (χ1) is 13.6. The number of benzene rings is 2. The molecular formula is C21H20N2O5. The van der Waals surface area contributed by atoms with Crippen LogP contribution in [0, 0.1) is 6.92 Å². The van der Waals surface area contributed by atoms with E-state index in [1.54, 1.807) is 54.3 Å².